The van der Waals surface area contributed by atoms with Gasteiger partial charge in [-0.2, -0.15) is 12.6 Å². The van der Waals surface area contributed by atoms with E-state index in [-0.39, 0.29) is 0 Å². The van der Waals surface area contributed by atoms with Crippen LogP contribution in [0.15, 0.2) is 18.2 Å². The molecule has 0 bridgehead atoms. The Balaban J connectivity index is 2.69. The highest BCUT2D eigenvalue weighted by atomic mass is 35.5. The highest BCUT2D eigenvalue weighted by Gasteiger charge is 1.96. The second-order valence-electron chi connectivity index (χ2n) is 2.91. The maximum absolute atomic E-state index is 5.90. The Hall–Kier alpha value is -0.140. The largest absolute Gasteiger partial charge is 0.179 e. The molecule has 0 radical (unpaired) electrons. The van der Waals surface area contributed by atoms with Crippen LogP contribution in [0.2, 0.25) is 5.02 Å². The number of benzene rings is 1. The molecule has 0 heterocycles. The van der Waals surface area contributed by atoms with Gasteiger partial charge >= 0.3 is 0 Å². The van der Waals surface area contributed by atoms with Crippen LogP contribution in [-0.4, -0.2) is 5.75 Å². The lowest BCUT2D eigenvalue weighted by Crippen LogP contribution is -1.87. The van der Waals surface area contributed by atoms with E-state index in [0.29, 0.717) is 0 Å². The summed E-state index contributed by atoms with van der Waals surface area (Å²) in [6.07, 6.45) is 2.23. The van der Waals surface area contributed by atoms with Gasteiger partial charge in [0.2, 0.25) is 0 Å². The van der Waals surface area contributed by atoms with Gasteiger partial charge in [-0.3, -0.25) is 0 Å². The van der Waals surface area contributed by atoms with Crippen LogP contribution in [0, 0.1) is 6.92 Å². The van der Waals surface area contributed by atoms with E-state index in [9.17, 15) is 0 Å². The molecule has 0 saturated carbocycles. The van der Waals surface area contributed by atoms with Crippen LogP contribution < -0.4 is 0 Å². The topological polar surface area (TPSA) is 0 Å². The first-order valence-electron chi connectivity index (χ1n) is 4.10. The molecular weight excluding hydrogens is 188 g/mol. The molecule has 12 heavy (non-hydrogen) atoms. The summed E-state index contributed by atoms with van der Waals surface area (Å²) in [7, 11) is 0. The third kappa shape index (κ3) is 2.72. The third-order valence-electron chi connectivity index (χ3n) is 1.85. The molecule has 66 valence electrons. The summed E-state index contributed by atoms with van der Waals surface area (Å²) in [5.74, 6) is 0.946. The molecule has 0 atom stereocenters. The van der Waals surface area contributed by atoms with Gasteiger partial charge in [-0.05, 0) is 42.7 Å². The highest BCUT2D eigenvalue weighted by molar-refractivity contribution is 7.80. The summed E-state index contributed by atoms with van der Waals surface area (Å²) in [6.45, 7) is 2.03. The monoisotopic (exact) mass is 200 g/mol. The van der Waals surface area contributed by atoms with Crippen molar-refractivity contribution in [1.82, 2.24) is 0 Å². The smallest absolute Gasteiger partial charge is 0.0435 e. The maximum Gasteiger partial charge on any atom is 0.0435 e. The molecule has 0 aromatic heterocycles. The number of hydrogen-bond donors (Lipinski definition) is 1. The molecule has 0 unspecified atom stereocenters. The number of rotatable bonds is 3. The molecule has 0 spiro atoms. The molecule has 0 nitrogen and oxygen atoms in total. The Kier molecular flexibility index (Phi) is 3.96. The van der Waals surface area contributed by atoms with Crippen molar-refractivity contribution >= 4 is 24.2 Å². The molecule has 0 aliphatic carbocycles. The predicted octanol–water partition coefficient (Wildman–Crippen LogP) is 3.51. The molecule has 0 saturated heterocycles. The molecule has 1 aromatic carbocycles. The fourth-order valence-corrected chi connectivity index (χ4v) is 1.42. The average molecular weight is 201 g/mol. The summed E-state index contributed by atoms with van der Waals surface area (Å²) in [5, 5.41) is 0.852. The van der Waals surface area contributed by atoms with E-state index in [1.807, 2.05) is 13.0 Å². The first kappa shape index (κ1) is 9.94. The Labute approximate surface area is 84.3 Å². The van der Waals surface area contributed by atoms with Gasteiger partial charge in [0.15, 0.2) is 0 Å². The minimum absolute atomic E-state index is 0.852. The van der Waals surface area contributed by atoms with Crippen LogP contribution in [-0.2, 0) is 6.42 Å². The Morgan fingerprint density at radius 1 is 1.42 bits per heavy atom. The fraction of sp³-hybridized carbons (Fsp3) is 0.400. The molecule has 0 aliphatic rings. The summed E-state index contributed by atoms with van der Waals surface area (Å²) in [5.41, 5.74) is 2.51. The number of thiol groups is 1. The van der Waals surface area contributed by atoms with Crippen molar-refractivity contribution in [1.29, 1.82) is 0 Å². The van der Waals surface area contributed by atoms with E-state index in [2.05, 4.69) is 24.8 Å². The molecule has 2 heteroatoms. The standard InChI is InChI=1S/C10H13ClS/c1-8-7-9(3-2-6-12)4-5-10(8)11/h4-5,7,12H,2-3,6H2,1H3. The van der Waals surface area contributed by atoms with Gasteiger partial charge in [0.05, 0.1) is 0 Å². The van der Waals surface area contributed by atoms with E-state index in [1.165, 1.54) is 5.56 Å². The maximum atomic E-state index is 5.90. The highest BCUT2D eigenvalue weighted by Crippen LogP contribution is 2.17. The zero-order valence-electron chi connectivity index (χ0n) is 7.18. The van der Waals surface area contributed by atoms with E-state index in [0.717, 1.165) is 29.2 Å². The zero-order valence-corrected chi connectivity index (χ0v) is 8.83. The molecule has 1 rings (SSSR count). The van der Waals surface area contributed by atoms with Crippen molar-refractivity contribution in [2.75, 3.05) is 5.75 Å². The lowest BCUT2D eigenvalue weighted by molar-refractivity contribution is 0.934. The minimum atomic E-state index is 0.852. The number of halogens is 1. The summed E-state index contributed by atoms with van der Waals surface area (Å²) in [4.78, 5) is 0. The van der Waals surface area contributed by atoms with Gasteiger partial charge in [0.25, 0.3) is 0 Å². The van der Waals surface area contributed by atoms with Gasteiger partial charge < -0.3 is 0 Å². The second kappa shape index (κ2) is 4.78. The van der Waals surface area contributed by atoms with Gasteiger partial charge in [0, 0.05) is 5.02 Å². The SMILES string of the molecule is Cc1cc(CCCS)ccc1Cl. The molecule has 1 aromatic rings. The van der Waals surface area contributed by atoms with Crippen LogP contribution in [0.3, 0.4) is 0 Å². The third-order valence-corrected chi connectivity index (χ3v) is 2.59. The van der Waals surface area contributed by atoms with Crippen molar-refractivity contribution in [2.45, 2.75) is 19.8 Å². The first-order valence-corrected chi connectivity index (χ1v) is 5.11. The molecule has 0 fully saturated rings. The van der Waals surface area contributed by atoms with Gasteiger partial charge in [-0.25, -0.2) is 0 Å². The van der Waals surface area contributed by atoms with Crippen molar-refractivity contribution in [3.8, 4) is 0 Å². The minimum Gasteiger partial charge on any atom is -0.179 e. The van der Waals surface area contributed by atoms with Gasteiger partial charge in [0.1, 0.15) is 0 Å². The van der Waals surface area contributed by atoms with Crippen LogP contribution >= 0.6 is 24.2 Å². The molecular formula is C10H13ClS. The summed E-state index contributed by atoms with van der Waals surface area (Å²) >= 11 is 10.1. The van der Waals surface area contributed by atoms with Crippen LogP contribution in [0.25, 0.3) is 0 Å². The molecule has 0 aliphatic heterocycles. The van der Waals surface area contributed by atoms with Crippen molar-refractivity contribution in [2.24, 2.45) is 0 Å². The quantitative estimate of drug-likeness (QED) is 0.710. The average Bonchev–Trinajstić information content (AvgIpc) is 2.07. The van der Waals surface area contributed by atoms with Crippen LogP contribution in [0.4, 0.5) is 0 Å². The lowest BCUT2D eigenvalue weighted by Gasteiger charge is -2.02. The Bertz CT molecular complexity index is 258. The number of hydrogen-bond acceptors (Lipinski definition) is 1. The van der Waals surface area contributed by atoms with Gasteiger partial charge in [-0.1, -0.05) is 23.7 Å². The first-order chi connectivity index (χ1) is 5.74. The van der Waals surface area contributed by atoms with Crippen LogP contribution in [0.5, 0.6) is 0 Å². The van der Waals surface area contributed by atoms with Crippen molar-refractivity contribution < 1.29 is 0 Å². The fourth-order valence-electron chi connectivity index (χ4n) is 1.15. The van der Waals surface area contributed by atoms with Crippen molar-refractivity contribution in [3.05, 3.63) is 34.3 Å². The molecule has 0 amide bonds. The molecule has 0 N–H and O–H groups in total. The normalized spacial score (nSPS) is 10.2. The van der Waals surface area contributed by atoms with Crippen molar-refractivity contribution in [3.63, 3.8) is 0 Å². The van der Waals surface area contributed by atoms with Gasteiger partial charge in [-0.15, -0.1) is 0 Å². The number of aryl methyl sites for hydroxylation is 2. The summed E-state index contributed by atoms with van der Waals surface area (Å²) < 4.78 is 0. The van der Waals surface area contributed by atoms with E-state index < -0.39 is 0 Å². The van der Waals surface area contributed by atoms with E-state index in [4.69, 9.17) is 11.6 Å². The van der Waals surface area contributed by atoms with Crippen LogP contribution in [0.1, 0.15) is 17.5 Å². The summed E-state index contributed by atoms with van der Waals surface area (Å²) in [6, 6.07) is 6.19. The zero-order chi connectivity index (χ0) is 8.97. The lowest BCUT2D eigenvalue weighted by atomic mass is 10.1. The van der Waals surface area contributed by atoms with E-state index >= 15 is 0 Å². The van der Waals surface area contributed by atoms with E-state index in [1.54, 1.807) is 0 Å². The Morgan fingerprint density at radius 2 is 2.17 bits per heavy atom. The predicted molar refractivity (Wildman–Crippen MR) is 58.4 cm³/mol. The Morgan fingerprint density at radius 3 is 2.75 bits per heavy atom. The second-order valence-corrected chi connectivity index (χ2v) is 3.77.